The van der Waals surface area contributed by atoms with Crippen molar-refractivity contribution in [3.63, 3.8) is 0 Å². The number of ketones is 1. The molecule has 6 nitrogen and oxygen atoms in total. The maximum absolute atomic E-state index is 11.6. The SMILES string of the molecule is Cc1[nH]nc2ncnc(N3CCC(=O)C(C)C3)c12. The van der Waals surface area contributed by atoms with E-state index in [1.165, 1.54) is 6.33 Å². The first-order chi connectivity index (χ1) is 8.66. The summed E-state index contributed by atoms with van der Waals surface area (Å²) in [6.07, 6.45) is 2.11. The number of rotatable bonds is 1. The molecule has 1 fully saturated rings. The van der Waals surface area contributed by atoms with E-state index >= 15 is 0 Å². The van der Waals surface area contributed by atoms with E-state index < -0.39 is 0 Å². The van der Waals surface area contributed by atoms with E-state index in [-0.39, 0.29) is 5.92 Å². The van der Waals surface area contributed by atoms with Gasteiger partial charge in [0.25, 0.3) is 0 Å². The van der Waals surface area contributed by atoms with Crippen molar-refractivity contribution >= 4 is 22.6 Å². The normalized spacial score (nSPS) is 20.7. The third kappa shape index (κ3) is 1.64. The Kier molecular flexibility index (Phi) is 2.50. The molecule has 0 saturated carbocycles. The lowest BCUT2D eigenvalue weighted by atomic mass is 9.98. The van der Waals surface area contributed by atoms with Crippen LogP contribution >= 0.6 is 0 Å². The molecule has 3 rings (SSSR count). The van der Waals surface area contributed by atoms with Crippen molar-refractivity contribution in [3.05, 3.63) is 12.0 Å². The summed E-state index contributed by atoms with van der Waals surface area (Å²) in [7, 11) is 0. The number of carbonyl (C=O) groups excluding carboxylic acids is 1. The number of hydrogen-bond acceptors (Lipinski definition) is 5. The molecule has 2 aromatic heterocycles. The summed E-state index contributed by atoms with van der Waals surface area (Å²) in [6, 6.07) is 0. The van der Waals surface area contributed by atoms with Crippen molar-refractivity contribution in [1.82, 2.24) is 20.2 Å². The summed E-state index contributed by atoms with van der Waals surface area (Å²) in [5.41, 5.74) is 1.65. The number of aromatic nitrogens is 4. The molecule has 0 amide bonds. The maximum atomic E-state index is 11.6. The number of anilines is 1. The summed E-state index contributed by atoms with van der Waals surface area (Å²) in [5.74, 6) is 1.28. The standard InChI is InChI=1S/C12H15N5O/c1-7-5-17(4-3-9(7)18)12-10-8(2)15-16-11(10)13-6-14-12/h6-7H,3-5H2,1-2H3,(H,13,14,15,16). The van der Waals surface area contributed by atoms with Gasteiger partial charge < -0.3 is 4.90 Å². The third-order valence-corrected chi connectivity index (χ3v) is 3.48. The molecule has 0 aromatic carbocycles. The minimum atomic E-state index is 0.0657. The minimum absolute atomic E-state index is 0.0657. The predicted octanol–water partition coefficient (Wildman–Crippen LogP) is 1.08. The predicted molar refractivity (Wildman–Crippen MR) is 67.4 cm³/mol. The molecule has 94 valence electrons. The van der Waals surface area contributed by atoms with Crippen molar-refractivity contribution in [2.24, 2.45) is 5.92 Å². The van der Waals surface area contributed by atoms with E-state index in [4.69, 9.17) is 0 Å². The Bertz CT molecular complexity index is 606. The van der Waals surface area contributed by atoms with Crippen LogP contribution in [0, 0.1) is 12.8 Å². The molecule has 1 aliphatic heterocycles. The second-order valence-electron chi connectivity index (χ2n) is 4.81. The topological polar surface area (TPSA) is 74.8 Å². The Balaban J connectivity index is 2.04. The minimum Gasteiger partial charge on any atom is -0.355 e. The van der Waals surface area contributed by atoms with Crippen LogP contribution in [0.1, 0.15) is 19.0 Å². The van der Waals surface area contributed by atoms with Gasteiger partial charge in [0.1, 0.15) is 17.9 Å². The Morgan fingerprint density at radius 1 is 1.44 bits per heavy atom. The van der Waals surface area contributed by atoms with Crippen LogP contribution in [0.5, 0.6) is 0 Å². The highest BCUT2D eigenvalue weighted by molar-refractivity contribution is 5.90. The number of aromatic amines is 1. The van der Waals surface area contributed by atoms with E-state index in [1.807, 2.05) is 13.8 Å². The second kappa shape index (κ2) is 4.04. The molecule has 3 heterocycles. The van der Waals surface area contributed by atoms with E-state index in [2.05, 4.69) is 25.1 Å². The van der Waals surface area contributed by atoms with Gasteiger partial charge in [-0.25, -0.2) is 9.97 Å². The van der Waals surface area contributed by atoms with Crippen molar-refractivity contribution in [1.29, 1.82) is 0 Å². The van der Waals surface area contributed by atoms with Crippen LogP contribution in [0.3, 0.4) is 0 Å². The van der Waals surface area contributed by atoms with Gasteiger partial charge in [0, 0.05) is 31.1 Å². The fraction of sp³-hybridized carbons (Fsp3) is 0.500. The smallest absolute Gasteiger partial charge is 0.186 e. The average Bonchev–Trinajstić information content (AvgIpc) is 2.75. The monoisotopic (exact) mass is 245 g/mol. The Hall–Kier alpha value is -1.98. The van der Waals surface area contributed by atoms with E-state index in [9.17, 15) is 4.79 Å². The Morgan fingerprint density at radius 2 is 2.28 bits per heavy atom. The molecular weight excluding hydrogens is 230 g/mol. The van der Waals surface area contributed by atoms with Gasteiger partial charge in [-0.2, -0.15) is 5.10 Å². The van der Waals surface area contributed by atoms with Crippen molar-refractivity contribution < 1.29 is 4.79 Å². The van der Waals surface area contributed by atoms with Gasteiger partial charge in [-0.1, -0.05) is 6.92 Å². The van der Waals surface area contributed by atoms with Gasteiger partial charge in [0.2, 0.25) is 0 Å². The van der Waals surface area contributed by atoms with Gasteiger partial charge in [0.15, 0.2) is 5.65 Å². The maximum Gasteiger partial charge on any atom is 0.186 e. The number of fused-ring (bicyclic) bond motifs is 1. The molecule has 0 bridgehead atoms. The molecule has 0 aliphatic carbocycles. The summed E-state index contributed by atoms with van der Waals surface area (Å²) >= 11 is 0. The van der Waals surface area contributed by atoms with Crippen LogP contribution in [-0.2, 0) is 4.79 Å². The quantitative estimate of drug-likeness (QED) is 0.813. The van der Waals surface area contributed by atoms with Gasteiger partial charge in [-0.3, -0.25) is 9.89 Å². The van der Waals surface area contributed by atoms with E-state index in [1.54, 1.807) is 0 Å². The summed E-state index contributed by atoms with van der Waals surface area (Å²) in [6.45, 7) is 5.37. The van der Waals surface area contributed by atoms with Gasteiger partial charge >= 0.3 is 0 Å². The van der Waals surface area contributed by atoms with Gasteiger partial charge in [-0.15, -0.1) is 0 Å². The van der Waals surface area contributed by atoms with Crippen LogP contribution in [0.2, 0.25) is 0 Å². The van der Waals surface area contributed by atoms with Gasteiger partial charge in [-0.05, 0) is 6.92 Å². The molecule has 1 atom stereocenters. The Labute approximate surface area is 104 Å². The van der Waals surface area contributed by atoms with Crippen molar-refractivity contribution in [2.45, 2.75) is 20.3 Å². The summed E-state index contributed by atoms with van der Waals surface area (Å²) in [5, 5.41) is 8.03. The lowest BCUT2D eigenvalue weighted by Crippen LogP contribution is -2.40. The zero-order valence-corrected chi connectivity index (χ0v) is 10.5. The lowest BCUT2D eigenvalue weighted by molar-refractivity contribution is -0.122. The zero-order chi connectivity index (χ0) is 12.7. The fourth-order valence-corrected chi connectivity index (χ4v) is 2.43. The number of Topliss-reactive ketones (excluding diaryl/α,β-unsaturated/α-hetero) is 1. The van der Waals surface area contributed by atoms with Crippen LogP contribution in [-0.4, -0.2) is 39.0 Å². The molecule has 0 radical (unpaired) electrons. The number of hydrogen-bond donors (Lipinski definition) is 1. The number of nitrogens with zero attached hydrogens (tertiary/aromatic N) is 4. The number of carbonyl (C=O) groups is 1. The number of nitrogens with one attached hydrogen (secondary N) is 1. The fourth-order valence-electron chi connectivity index (χ4n) is 2.43. The number of aryl methyl sites for hydroxylation is 1. The Morgan fingerprint density at radius 3 is 3.06 bits per heavy atom. The first kappa shape index (κ1) is 11.1. The molecular formula is C12H15N5O. The lowest BCUT2D eigenvalue weighted by Gasteiger charge is -2.31. The third-order valence-electron chi connectivity index (χ3n) is 3.48. The number of H-pyrrole nitrogens is 1. The first-order valence-corrected chi connectivity index (χ1v) is 6.10. The molecule has 1 unspecified atom stereocenters. The highest BCUT2D eigenvalue weighted by atomic mass is 16.1. The first-order valence-electron chi connectivity index (χ1n) is 6.10. The molecule has 2 aromatic rings. The van der Waals surface area contributed by atoms with E-state index in [0.717, 1.165) is 30.0 Å². The largest absolute Gasteiger partial charge is 0.355 e. The molecule has 0 spiro atoms. The molecule has 1 saturated heterocycles. The summed E-state index contributed by atoms with van der Waals surface area (Å²) in [4.78, 5) is 22.2. The van der Waals surface area contributed by atoms with Crippen LogP contribution in [0.4, 0.5) is 5.82 Å². The zero-order valence-electron chi connectivity index (χ0n) is 10.5. The molecule has 1 N–H and O–H groups in total. The highest BCUT2D eigenvalue weighted by Crippen LogP contribution is 2.27. The molecule has 18 heavy (non-hydrogen) atoms. The average molecular weight is 245 g/mol. The van der Waals surface area contributed by atoms with Crippen LogP contribution in [0.15, 0.2) is 6.33 Å². The second-order valence-corrected chi connectivity index (χ2v) is 4.81. The van der Waals surface area contributed by atoms with Gasteiger partial charge in [0.05, 0.1) is 5.39 Å². The summed E-state index contributed by atoms with van der Waals surface area (Å²) < 4.78 is 0. The molecule has 6 heteroatoms. The van der Waals surface area contributed by atoms with E-state index in [0.29, 0.717) is 17.9 Å². The van der Waals surface area contributed by atoms with Crippen LogP contribution in [0.25, 0.3) is 11.0 Å². The number of piperidine rings is 1. The highest BCUT2D eigenvalue weighted by Gasteiger charge is 2.26. The molecule has 1 aliphatic rings. The van der Waals surface area contributed by atoms with Crippen molar-refractivity contribution in [2.75, 3.05) is 18.0 Å². The van der Waals surface area contributed by atoms with Crippen LogP contribution < -0.4 is 4.90 Å². The van der Waals surface area contributed by atoms with Crippen molar-refractivity contribution in [3.8, 4) is 0 Å².